The Balaban J connectivity index is 1.30. The van der Waals surface area contributed by atoms with E-state index in [1.165, 1.54) is 0 Å². The number of rotatable bonds is 6. The Morgan fingerprint density at radius 1 is 1.33 bits per heavy atom. The summed E-state index contributed by atoms with van der Waals surface area (Å²) in [6.07, 6.45) is 5.39. The van der Waals surface area contributed by atoms with Crippen molar-refractivity contribution in [2.24, 2.45) is 5.41 Å². The van der Waals surface area contributed by atoms with Gasteiger partial charge < -0.3 is 15.0 Å². The van der Waals surface area contributed by atoms with Crippen LogP contribution in [-0.4, -0.2) is 74.5 Å². The van der Waals surface area contributed by atoms with Gasteiger partial charge in [0.05, 0.1) is 18.9 Å². The summed E-state index contributed by atoms with van der Waals surface area (Å²) in [5.41, 5.74) is 5.33. The van der Waals surface area contributed by atoms with E-state index >= 15 is 0 Å². The summed E-state index contributed by atoms with van der Waals surface area (Å²) >= 11 is 0. The van der Waals surface area contributed by atoms with Crippen LogP contribution in [0.3, 0.4) is 0 Å². The smallest absolute Gasteiger partial charge is 0.269 e. The highest BCUT2D eigenvalue weighted by atomic mass is 16.5. The Kier molecular flexibility index (Phi) is 5.70. The molecular formula is C24H33N7O2. The highest BCUT2D eigenvalue weighted by molar-refractivity contribution is 5.96. The van der Waals surface area contributed by atoms with Crippen molar-refractivity contribution in [3.8, 4) is 11.3 Å². The number of aromatic nitrogens is 5. The molecule has 9 nitrogen and oxygen atoms in total. The van der Waals surface area contributed by atoms with Gasteiger partial charge in [0.15, 0.2) is 5.65 Å². The van der Waals surface area contributed by atoms with Crippen molar-refractivity contribution >= 4 is 11.6 Å². The number of pyridine rings is 1. The van der Waals surface area contributed by atoms with E-state index < -0.39 is 0 Å². The predicted octanol–water partition coefficient (Wildman–Crippen LogP) is 2.78. The molecule has 1 amide bonds. The van der Waals surface area contributed by atoms with E-state index in [1.807, 2.05) is 13.1 Å². The summed E-state index contributed by atoms with van der Waals surface area (Å²) < 4.78 is 7.15. The third kappa shape index (κ3) is 4.27. The molecule has 33 heavy (non-hydrogen) atoms. The van der Waals surface area contributed by atoms with Crippen LogP contribution < -0.4 is 5.32 Å². The Morgan fingerprint density at radius 2 is 2.09 bits per heavy atom. The number of nitrogens with one attached hydrogen (secondary N) is 2. The predicted molar refractivity (Wildman–Crippen MR) is 125 cm³/mol. The lowest BCUT2D eigenvalue weighted by Crippen LogP contribution is -2.52. The van der Waals surface area contributed by atoms with Crippen LogP contribution in [0.25, 0.3) is 16.9 Å². The molecule has 0 aliphatic carbocycles. The van der Waals surface area contributed by atoms with Crippen LogP contribution in [0.5, 0.6) is 0 Å². The first-order chi connectivity index (χ1) is 15.8. The van der Waals surface area contributed by atoms with Gasteiger partial charge in [0.1, 0.15) is 12.0 Å². The summed E-state index contributed by atoms with van der Waals surface area (Å²) in [6.45, 7) is 13.3. The van der Waals surface area contributed by atoms with Crippen molar-refractivity contribution in [2.75, 3.05) is 32.8 Å². The number of piperidine rings is 1. The first kappa shape index (κ1) is 22.0. The number of hydrogen-bond acceptors (Lipinski definition) is 6. The fourth-order valence-electron chi connectivity index (χ4n) is 5.10. The molecule has 5 heterocycles. The molecule has 0 unspecified atom stereocenters. The number of fused-ring (bicyclic) bond motifs is 1. The molecule has 0 spiro atoms. The largest absolute Gasteiger partial charge is 0.380 e. The lowest BCUT2D eigenvalue weighted by molar-refractivity contribution is -0.116. The maximum Gasteiger partial charge on any atom is 0.269 e. The number of H-pyrrole nitrogens is 1. The second-order valence-electron chi connectivity index (χ2n) is 10.3. The van der Waals surface area contributed by atoms with Crippen molar-refractivity contribution < 1.29 is 9.53 Å². The lowest BCUT2D eigenvalue weighted by atomic mass is 9.87. The highest BCUT2D eigenvalue weighted by Crippen LogP contribution is 2.32. The summed E-state index contributed by atoms with van der Waals surface area (Å²) in [4.78, 5) is 20.0. The molecule has 0 aromatic carbocycles. The highest BCUT2D eigenvalue weighted by Gasteiger charge is 2.36. The molecule has 2 aliphatic rings. The molecule has 0 saturated carbocycles. The Labute approximate surface area is 193 Å². The average molecular weight is 452 g/mol. The van der Waals surface area contributed by atoms with Crippen LogP contribution in [0.1, 0.15) is 61.1 Å². The minimum atomic E-state index is -0.0752. The third-order valence-corrected chi connectivity index (χ3v) is 6.87. The Morgan fingerprint density at radius 3 is 2.76 bits per heavy atom. The Bertz CT molecular complexity index is 1150. The van der Waals surface area contributed by atoms with Crippen molar-refractivity contribution in [1.82, 2.24) is 35.0 Å². The fraction of sp³-hybridized carbons (Fsp3) is 0.583. The molecular weight excluding hydrogens is 418 g/mol. The van der Waals surface area contributed by atoms with E-state index in [0.717, 1.165) is 73.7 Å². The van der Waals surface area contributed by atoms with Crippen LogP contribution in [0.2, 0.25) is 0 Å². The van der Waals surface area contributed by atoms with Crippen molar-refractivity contribution in [2.45, 2.75) is 52.5 Å². The number of nitrogens with zero attached hydrogens (tertiary/aromatic N) is 5. The minimum absolute atomic E-state index is 0.0752. The van der Waals surface area contributed by atoms with E-state index in [0.29, 0.717) is 11.1 Å². The molecule has 0 radical (unpaired) electrons. The molecule has 9 heteroatoms. The molecule has 2 fully saturated rings. The van der Waals surface area contributed by atoms with E-state index in [9.17, 15) is 4.79 Å². The molecule has 3 aromatic heterocycles. The molecule has 5 rings (SSSR count). The van der Waals surface area contributed by atoms with Gasteiger partial charge >= 0.3 is 0 Å². The van der Waals surface area contributed by atoms with Gasteiger partial charge in [0.2, 0.25) is 0 Å². The van der Waals surface area contributed by atoms with Gasteiger partial charge in [0, 0.05) is 48.4 Å². The maximum absolute atomic E-state index is 13.2. The monoisotopic (exact) mass is 451 g/mol. The average Bonchev–Trinajstić information content (AvgIpc) is 3.41. The van der Waals surface area contributed by atoms with Crippen LogP contribution in [0.15, 0.2) is 18.6 Å². The van der Waals surface area contributed by atoms with Gasteiger partial charge in [-0.2, -0.15) is 10.2 Å². The standard InChI is InChI=1S/C24H33N7O2/c1-15(2)19-20(17-9-16(3)22-25-14-26-31(22)10-17)28-29-21(19)23(32)27-18-5-7-30(8-6-18)11-24(4)12-33-13-24/h9-10,14-15,18H,5-8,11-13H2,1-4H3,(H,27,32)(H,28,29). The van der Waals surface area contributed by atoms with E-state index in [2.05, 4.69) is 57.3 Å². The number of carbonyl (C=O) groups is 1. The fourth-order valence-corrected chi connectivity index (χ4v) is 5.10. The molecule has 0 bridgehead atoms. The second-order valence-corrected chi connectivity index (χ2v) is 10.3. The molecule has 0 atom stereocenters. The quantitative estimate of drug-likeness (QED) is 0.598. The number of likely N-dealkylation sites (tertiary alicyclic amines) is 1. The Hall–Kier alpha value is -2.78. The van der Waals surface area contributed by atoms with Gasteiger partial charge in [0.25, 0.3) is 5.91 Å². The number of amides is 1. The van der Waals surface area contributed by atoms with Gasteiger partial charge in [-0.15, -0.1) is 0 Å². The van der Waals surface area contributed by atoms with Crippen molar-refractivity contribution in [1.29, 1.82) is 0 Å². The van der Waals surface area contributed by atoms with Crippen molar-refractivity contribution in [3.63, 3.8) is 0 Å². The zero-order chi connectivity index (χ0) is 23.2. The topological polar surface area (TPSA) is 100 Å². The summed E-state index contributed by atoms with van der Waals surface area (Å²) in [6, 6.07) is 2.23. The number of aryl methyl sites for hydroxylation is 1. The van der Waals surface area contributed by atoms with Crippen LogP contribution in [-0.2, 0) is 4.74 Å². The van der Waals surface area contributed by atoms with Gasteiger partial charge in [-0.3, -0.25) is 9.89 Å². The van der Waals surface area contributed by atoms with Crippen LogP contribution in [0, 0.1) is 12.3 Å². The van der Waals surface area contributed by atoms with E-state index in [4.69, 9.17) is 4.74 Å². The normalized spacial score (nSPS) is 19.2. The van der Waals surface area contributed by atoms with Crippen LogP contribution in [0.4, 0.5) is 0 Å². The second kappa shape index (κ2) is 8.53. The molecule has 176 valence electrons. The molecule has 2 saturated heterocycles. The SMILES string of the molecule is Cc1cc(-c2n[nH]c(C(=O)NC3CCN(CC4(C)COC4)CC3)c2C(C)C)cn2ncnc12. The number of hydrogen-bond donors (Lipinski definition) is 2. The summed E-state index contributed by atoms with van der Waals surface area (Å²) in [5.74, 6) is 0.0624. The first-order valence-electron chi connectivity index (χ1n) is 11.8. The third-order valence-electron chi connectivity index (χ3n) is 6.87. The molecule has 3 aromatic rings. The lowest BCUT2D eigenvalue weighted by Gasteiger charge is -2.43. The maximum atomic E-state index is 13.2. The van der Waals surface area contributed by atoms with Gasteiger partial charge in [-0.25, -0.2) is 9.50 Å². The van der Waals surface area contributed by atoms with Gasteiger partial charge in [-0.05, 0) is 37.3 Å². The number of ether oxygens (including phenoxy) is 1. The molecule has 2 aliphatic heterocycles. The summed E-state index contributed by atoms with van der Waals surface area (Å²) in [7, 11) is 0. The van der Waals surface area contributed by atoms with E-state index in [-0.39, 0.29) is 17.9 Å². The number of aromatic amines is 1. The van der Waals surface area contributed by atoms with Crippen LogP contribution >= 0.6 is 0 Å². The zero-order valence-electron chi connectivity index (χ0n) is 19.9. The first-order valence-corrected chi connectivity index (χ1v) is 11.8. The zero-order valence-corrected chi connectivity index (χ0v) is 19.9. The van der Waals surface area contributed by atoms with E-state index in [1.54, 1.807) is 10.8 Å². The van der Waals surface area contributed by atoms with Gasteiger partial charge in [-0.1, -0.05) is 20.8 Å². The summed E-state index contributed by atoms with van der Waals surface area (Å²) in [5, 5.41) is 15.1. The minimum Gasteiger partial charge on any atom is -0.380 e. The molecule has 2 N–H and O–H groups in total. The number of carbonyl (C=O) groups excluding carboxylic acids is 1. The van der Waals surface area contributed by atoms with Crippen molar-refractivity contribution in [3.05, 3.63) is 35.4 Å².